The number of hydroxylamine groups is 2. The standard InChI is InChI=1S/C14H16INO4/c1-8(17)13-10-7-19-14(18)12(10)16(20-13)6-9-4-2-3-5-11(9)15/h2-5,8,10,12-13,17H,6-7H2,1H3/t8-,10-,12-,13-/m0/s1. The van der Waals surface area contributed by atoms with Crippen LogP contribution in [0.2, 0.25) is 0 Å². The lowest BCUT2D eigenvalue weighted by Crippen LogP contribution is -2.35. The van der Waals surface area contributed by atoms with Gasteiger partial charge in [-0.3, -0.25) is 9.63 Å². The summed E-state index contributed by atoms with van der Waals surface area (Å²) in [6.07, 6.45) is -1.01. The van der Waals surface area contributed by atoms with Gasteiger partial charge in [-0.2, -0.15) is 5.06 Å². The van der Waals surface area contributed by atoms with Crippen molar-refractivity contribution in [2.45, 2.75) is 31.7 Å². The van der Waals surface area contributed by atoms with E-state index in [0.717, 1.165) is 9.13 Å². The number of carbonyl (C=O) groups excluding carboxylic acids is 1. The minimum absolute atomic E-state index is 0.0936. The molecule has 0 amide bonds. The lowest BCUT2D eigenvalue weighted by atomic mass is 9.95. The van der Waals surface area contributed by atoms with Crippen molar-refractivity contribution in [3.8, 4) is 0 Å². The van der Waals surface area contributed by atoms with Gasteiger partial charge in [0.15, 0.2) is 0 Å². The normalized spacial score (nSPS) is 31.1. The molecule has 3 rings (SSSR count). The second-order valence-electron chi connectivity index (χ2n) is 5.22. The predicted molar refractivity (Wildman–Crippen MR) is 79.5 cm³/mol. The molecule has 2 aliphatic rings. The van der Waals surface area contributed by atoms with E-state index in [4.69, 9.17) is 9.57 Å². The van der Waals surface area contributed by atoms with E-state index in [-0.39, 0.29) is 18.0 Å². The number of carbonyl (C=O) groups is 1. The molecule has 0 saturated carbocycles. The average Bonchev–Trinajstić information content (AvgIpc) is 2.95. The molecule has 5 nitrogen and oxygen atoms in total. The minimum atomic E-state index is -0.628. The summed E-state index contributed by atoms with van der Waals surface area (Å²) >= 11 is 2.26. The van der Waals surface area contributed by atoms with Crippen LogP contribution in [0.5, 0.6) is 0 Å². The van der Waals surface area contributed by atoms with Crippen LogP contribution in [-0.2, 0) is 20.9 Å². The van der Waals surface area contributed by atoms with Crippen LogP contribution < -0.4 is 0 Å². The fraction of sp³-hybridized carbons (Fsp3) is 0.500. The third-order valence-electron chi connectivity index (χ3n) is 3.81. The average molecular weight is 389 g/mol. The Bertz CT molecular complexity index is 522. The van der Waals surface area contributed by atoms with E-state index < -0.39 is 12.1 Å². The quantitative estimate of drug-likeness (QED) is 0.625. The van der Waals surface area contributed by atoms with E-state index in [0.29, 0.717) is 13.2 Å². The Kier molecular flexibility index (Phi) is 3.98. The van der Waals surface area contributed by atoms with Crippen molar-refractivity contribution >= 4 is 28.6 Å². The molecule has 4 atom stereocenters. The molecule has 0 spiro atoms. The topological polar surface area (TPSA) is 59.0 Å². The highest BCUT2D eigenvalue weighted by molar-refractivity contribution is 14.1. The van der Waals surface area contributed by atoms with E-state index >= 15 is 0 Å². The summed E-state index contributed by atoms with van der Waals surface area (Å²) in [7, 11) is 0. The van der Waals surface area contributed by atoms with Crippen LogP contribution in [0, 0.1) is 9.49 Å². The molecule has 1 N–H and O–H groups in total. The van der Waals surface area contributed by atoms with Gasteiger partial charge in [-0.1, -0.05) is 18.2 Å². The summed E-state index contributed by atoms with van der Waals surface area (Å²) in [5, 5.41) is 11.5. The number of benzene rings is 1. The first-order chi connectivity index (χ1) is 9.58. The molecule has 108 valence electrons. The molecule has 2 aliphatic heterocycles. The molecule has 0 aromatic heterocycles. The van der Waals surface area contributed by atoms with Gasteiger partial charge in [-0.25, -0.2) is 0 Å². The monoisotopic (exact) mass is 389 g/mol. The summed E-state index contributed by atoms with van der Waals surface area (Å²) in [6.45, 7) is 2.51. The van der Waals surface area contributed by atoms with Crippen LogP contribution >= 0.6 is 22.6 Å². The SMILES string of the molecule is C[C@H](O)[C@@H]1ON(Cc2ccccc2I)[C@@H]2C(=O)OC[C@H]12. The first-order valence-corrected chi connectivity index (χ1v) is 7.67. The number of fused-ring (bicyclic) bond motifs is 1. The fourth-order valence-electron chi connectivity index (χ4n) is 2.81. The number of aliphatic hydroxyl groups excluding tert-OH is 1. The number of hydrogen-bond acceptors (Lipinski definition) is 5. The van der Waals surface area contributed by atoms with Crippen molar-refractivity contribution in [2.75, 3.05) is 6.61 Å². The number of aliphatic hydroxyl groups is 1. The van der Waals surface area contributed by atoms with Gasteiger partial charge in [0.25, 0.3) is 0 Å². The van der Waals surface area contributed by atoms with Crippen molar-refractivity contribution < 1.29 is 19.5 Å². The molecule has 0 radical (unpaired) electrons. The number of hydrogen-bond donors (Lipinski definition) is 1. The Hall–Kier alpha value is -0.700. The van der Waals surface area contributed by atoms with E-state index in [9.17, 15) is 9.90 Å². The molecule has 1 aromatic rings. The number of cyclic esters (lactones) is 1. The molecule has 0 unspecified atom stereocenters. The number of rotatable bonds is 3. The Morgan fingerprint density at radius 1 is 1.50 bits per heavy atom. The predicted octanol–water partition coefficient (Wildman–Crippen LogP) is 1.33. The molecular formula is C14H16INO4. The van der Waals surface area contributed by atoms with Gasteiger partial charge in [0, 0.05) is 3.57 Å². The van der Waals surface area contributed by atoms with Crippen molar-refractivity contribution in [2.24, 2.45) is 5.92 Å². The van der Waals surface area contributed by atoms with Gasteiger partial charge in [-0.05, 0) is 41.1 Å². The Morgan fingerprint density at radius 3 is 2.95 bits per heavy atom. The summed E-state index contributed by atoms with van der Waals surface area (Å²) in [4.78, 5) is 17.7. The van der Waals surface area contributed by atoms with Gasteiger partial charge in [0.2, 0.25) is 0 Å². The van der Waals surface area contributed by atoms with Crippen molar-refractivity contribution in [1.29, 1.82) is 0 Å². The van der Waals surface area contributed by atoms with E-state index in [1.54, 1.807) is 12.0 Å². The highest BCUT2D eigenvalue weighted by Crippen LogP contribution is 2.36. The van der Waals surface area contributed by atoms with Gasteiger partial charge in [0.05, 0.1) is 25.2 Å². The Labute approximate surface area is 130 Å². The minimum Gasteiger partial charge on any atom is -0.464 e. The zero-order valence-corrected chi connectivity index (χ0v) is 13.2. The zero-order chi connectivity index (χ0) is 14.3. The van der Waals surface area contributed by atoms with Crippen molar-refractivity contribution in [3.05, 3.63) is 33.4 Å². The molecule has 2 heterocycles. The zero-order valence-electron chi connectivity index (χ0n) is 11.0. The van der Waals surface area contributed by atoms with Gasteiger partial charge in [0.1, 0.15) is 12.1 Å². The Balaban J connectivity index is 1.83. The summed E-state index contributed by atoms with van der Waals surface area (Å²) in [6, 6.07) is 7.55. The molecular weight excluding hydrogens is 373 g/mol. The summed E-state index contributed by atoms with van der Waals surface area (Å²) < 4.78 is 6.25. The van der Waals surface area contributed by atoms with Crippen LogP contribution in [0.1, 0.15) is 12.5 Å². The van der Waals surface area contributed by atoms with Crippen LogP contribution in [-0.4, -0.2) is 41.0 Å². The smallest absolute Gasteiger partial charge is 0.326 e. The highest BCUT2D eigenvalue weighted by Gasteiger charge is 2.54. The molecule has 2 saturated heterocycles. The third-order valence-corrected chi connectivity index (χ3v) is 4.87. The number of esters is 1. The molecule has 0 bridgehead atoms. The van der Waals surface area contributed by atoms with Gasteiger partial charge in [-0.15, -0.1) is 0 Å². The first-order valence-electron chi connectivity index (χ1n) is 6.59. The molecule has 2 fully saturated rings. The van der Waals surface area contributed by atoms with Crippen LogP contribution in [0.15, 0.2) is 24.3 Å². The first kappa shape index (κ1) is 14.2. The van der Waals surface area contributed by atoms with Gasteiger partial charge < -0.3 is 9.84 Å². The van der Waals surface area contributed by atoms with Gasteiger partial charge >= 0.3 is 5.97 Å². The van der Waals surface area contributed by atoms with E-state index in [2.05, 4.69) is 22.6 Å². The number of ether oxygens (including phenoxy) is 1. The maximum absolute atomic E-state index is 11.9. The lowest BCUT2D eigenvalue weighted by Gasteiger charge is -2.21. The van der Waals surface area contributed by atoms with Crippen molar-refractivity contribution in [3.63, 3.8) is 0 Å². The third kappa shape index (κ3) is 2.45. The molecule has 6 heteroatoms. The van der Waals surface area contributed by atoms with Crippen molar-refractivity contribution in [1.82, 2.24) is 5.06 Å². The molecule has 1 aromatic carbocycles. The lowest BCUT2D eigenvalue weighted by molar-refractivity contribution is -0.202. The second-order valence-corrected chi connectivity index (χ2v) is 6.38. The second kappa shape index (κ2) is 5.59. The maximum atomic E-state index is 11.9. The molecule has 0 aliphatic carbocycles. The van der Waals surface area contributed by atoms with Crippen LogP contribution in [0.25, 0.3) is 0 Å². The largest absolute Gasteiger partial charge is 0.464 e. The van der Waals surface area contributed by atoms with Crippen LogP contribution in [0.4, 0.5) is 0 Å². The summed E-state index contributed by atoms with van der Waals surface area (Å²) in [5.74, 6) is -0.354. The maximum Gasteiger partial charge on any atom is 0.326 e. The molecule has 20 heavy (non-hydrogen) atoms. The fourth-order valence-corrected chi connectivity index (χ4v) is 3.37. The number of halogens is 1. The van der Waals surface area contributed by atoms with Crippen LogP contribution in [0.3, 0.4) is 0 Å². The van der Waals surface area contributed by atoms with E-state index in [1.807, 2.05) is 24.3 Å². The number of nitrogens with zero attached hydrogens (tertiary/aromatic N) is 1. The summed E-state index contributed by atoms with van der Waals surface area (Å²) in [5.41, 5.74) is 1.10. The Morgan fingerprint density at radius 2 is 2.25 bits per heavy atom. The van der Waals surface area contributed by atoms with E-state index in [1.165, 1.54) is 0 Å². The highest BCUT2D eigenvalue weighted by atomic mass is 127.